The highest BCUT2D eigenvalue weighted by atomic mass is 35.5. The molecule has 2 aliphatic rings. The molecule has 0 amide bonds. The summed E-state index contributed by atoms with van der Waals surface area (Å²) in [7, 11) is 0. The number of benzene rings is 1. The predicted octanol–water partition coefficient (Wildman–Crippen LogP) is 1.05. The number of halogens is 1. The van der Waals surface area contributed by atoms with Crippen molar-refractivity contribution >= 4 is 40.1 Å². The third kappa shape index (κ3) is 4.18. The molecule has 2 saturated heterocycles. The zero-order valence-corrected chi connectivity index (χ0v) is 20.0. The van der Waals surface area contributed by atoms with E-state index in [1.165, 1.54) is 0 Å². The van der Waals surface area contributed by atoms with Crippen LogP contribution in [0.25, 0.3) is 10.9 Å². The second kappa shape index (κ2) is 8.84. The number of nitrogens with two attached hydrogens (primary N) is 2. The quantitative estimate of drug-likeness (QED) is 0.431. The molecule has 2 aromatic heterocycles. The van der Waals surface area contributed by atoms with Crippen molar-refractivity contribution < 1.29 is 4.74 Å². The average molecular weight is 497 g/mol. The van der Waals surface area contributed by atoms with Crippen molar-refractivity contribution in [3.8, 4) is 6.07 Å². The molecule has 0 aliphatic carbocycles. The van der Waals surface area contributed by atoms with Gasteiger partial charge >= 0.3 is 0 Å². The van der Waals surface area contributed by atoms with E-state index in [4.69, 9.17) is 32.8 Å². The molecule has 0 spiro atoms. The van der Waals surface area contributed by atoms with Crippen molar-refractivity contribution in [2.45, 2.75) is 32.2 Å². The smallest absolute Gasteiger partial charge is 0.281 e. The highest BCUT2D eigenvalue weighted by Gasteiger charge is 2.41. The first-order valence-electron chi connectivity index (χ1n) is 11.2. The Morgan fingerprint density at radius 2 is 1.94 bits per heavy atom. The van der Waals surface area contributed by atoms with Gasteiger partial charge in [-0.15, -0.1) is 0 Å². The first-order valence-corrected chi connectivity index (χ1v) is 11.6. The van der Waals surface area contributed by atoms with Crippen LogP contribution in [0.1, 0.15) is 31.3 Å². The number of piperazine rings is 1. The lowest BCUT2D eigenvalue weighted by atomic mass is 10.2. The number of nitrogens with one attached hydrogen (secondary N) is 1. The molecule has 2 unspecified atom stereocenters. The van der Waals surface area contributed by atoms with Crippen molar-refractivity contribution in [2.75, 3.05) is 48.0 Å². The summed E-state index contributed by atoms with van der Waals surface area (Å²) >= 11 is 6.41. The summed E-state index contributed by atoms with van der Waals surface area (Å²) in [6.07, 6.45) is 0.364. The van der Waals surface area contributed by atoms with Gasteiger partial charge < -0.3 is 26.5 Å². The maximum Gasteiger partial charge on any atom is 0.281 e. The number of fused-ring (bicyclic) bond motifs is 1. The standard InChI is InChI=1S/C22H25ClN10O2/c1-11(27-18-13(10-24)17(25)29-22(26)30-18)19-28-15-5-3-4-14(23)16(15)20(34)33(19)32-8-6-31(7-9-32)21-12(2)35-21/h3-5,11-12,21H,6-9H2,1-2H3,(H5,25,26,27,29,30)/t11-,12?,21?/m0/s1. The van der Waals surface area contributed by atoms with E-state index < -0.39 is 6.04 Å². The summed E-state index contributed by atoms with van der Waals surface area (Å²) < 4.78 is 7.17. The van der Waals surface area contributed by atoms with Crippen molar-refractivity contribution in [1.29, 1.82) is 5.26 Å². The Balaban J connectivity index is 1.56. The maximum absolute atomic E-state index is 13.8. The normalized spacial score (nSPS) is 21.0. The Bertz CT molecular complexity index is 1400. The molecule has 3 aromatic rings. The Morgan fingerprint density at radius 1 is 1.23 bits per heavy atom. The molecule has 35 heavy (non-hydrogen) atoms. The molecular formula is C22H25ClN10O2. The maximum atomic E-state index is 13.8. The van der Waals surface area contributed by atoms with E-state index in [2.05, 4.69) is 20.2 Å². The van der Waals surface area contributed by atoms with Gasteiger partial charge in [0.2, 0.25) is 5.95 Å². The number of ether oxygens (including phenoxy) is 1. The van der Waals surface area contributed by atoms with E-state index >= 15 is 0 Å². The lowest BCUT2D eigenvalue weighted by Crippen LogP contribution is -2.56. The lowest BCUT2D eigenvalue weighted by Gasteiger charge is -2.37. The molecule has 0 bridgehead atoms. The van der Waals surface area contributed by atoms with Gasteiger partial charge in [-0.3, -0.25) is 9.69 Å². The fourth-order valence-electron chi connectivity index (χ4n) is 4.46. The minimum absolute atomic E-state index is 0.0296. The Hall–Kier alpha value is -3.66. The number of nitriles is 1. The van der Waals surface area contributed by atoms with Crippen molar-refractivity contribution in [1.82, 2.24) is 24.5 Å². The highest BCUT2D eigenvalue weighted by Crippen LogP contribution is 2.28. The van der Waals surface area contributed by atoms with Gasteiger partial charge in [-0.1, -0.05) is 17.7 Å². The molecule has 0 radical (unpaired) electrons. The first-order chi connectivity index (χ1) is 16.8. The third-order valence-electron chi connectivity index (χ3n) is 6.27. The Labute approximate surface area is 206 Å². The van der Waals surface area contributed by atoms with Crippen molar-refractivity contribution in [2.24, 2.45) is 0 Å². The summed E-state index contributed by atoms with van der Waals surface area (Å²) in [5.41, 5.74) is 11.9. The third-order valence-corrected chi connectivity index (χ3v) is 6.58. The van der Waals surface area contributed by atoms with E-state index in [-0.39, 0.29) is 41.0 Å². The molecule has 12 nitrogen and oxygen atoms in total. The molecule has 5 rings (SSSR count). The van der Waals surface area contributed by atoms with Crippen LogP contribution in [0.5, 0.6) is 0 Å². The molecule has 1 aromatic carbocycles. The number of nitrogen functional groups attached to an aromatic ring is 2. The minimum atomic E-state index is -0.545. The van der Waals surface area contributed by atoms with Gasteiger partial charge in [0, 0.05) is 26.2 Å². The van der Waals surface area contributed by atoms with Gasteiger partial charge in [-0.25, -0.2) is 9.66 Å². The van der Waals surface area contributed by atoms with E-state index in [0.29, 0.717) is 34.8 Å². The zero-order chi connectivity index (χ0) is 24.9. The van der Waals surface area contributed by atoms with Crippen LogP contribution in [0.2, 0.25) is 5.02 Å². The lowest BCUT2D eigenvalue weighted by molar-refractivity contribution is 0.157. The number of epoxide rings is 1. The number of hydrogen-bond acceptors (Lipinski definition) is 11. The second-order valence-corrected chi connectivity index (χ2v) is 9.02. The summed E-state index contributed by atoms with van der Waals surface area (Å²) in [5.74, 6) is 0.507. The van der Waals surface area contributed by atoms with Gasteiger partial charge in [-0.05, 0) is 26.0 Å². The fourth-order valence-corrected chi connectivity index (χ4v) is 4.71. The van der Waals surface area contributed by atoms with Crippen LogP contribution in [0.15, 0.2) is 23.0 Å². The molecule has 13 heteroatoms. The summed E-state index contributed by atoms with van der Waals surface area (Å²) in [6, 6.07) is 6.62. The zero-order valence-electron chi connectivity index (χ0n) is 19.3. The first kappa shape index (κ1) is 23.1. The van der Waals surface area contributed by atoms with Crippen LogP contribution in [-0.2, 0) is 4.74 Å². The molecule has 3 atom stereocenters. The van der Waals surface area contributed by atoms with Gasteiger partial charge in [0.05, 0.1) is 28.1 Å². The predicted molar refractivity (Wildman–Crippen MR) is 132 cm³/mol. The molecule has 2 fully saturated rings. The van der Waals surface area contributed by atoms with Gasteiger partial charge in [-0.2, -0.15) is 15.2 Å². The van der Waals surface area contributed by atoms with Crippen LogP contribution < -0.4 is 27.4 Å². The van der Waals surface area contributed by atoms with Crippen LogP contribution in [0.3, 0.4) is 0 Å². The fraction of sp³-hybridized carbons (Fsp3) is 0.409. The average Bonchev–Trinajstić information content (AvgIpc) is 3.55. The highest BCUT2D eigenvalue weighted by molar-refractivity contribution is 6.35. The van der Waals surface area contributed by atoms with E-state index in [9.17, 15) is 10.1 Å². The molecule has 4 heterocycles. The van der Waals surface area contributed by atoms with Crippen LogP contribution in [0, 0.1) is 11.3 Å². The molecule has 182 valence electrons. The summed E-state index contributed by atoms with van der Waals surface area (Å²) in [5, 5.41) is 15.3. The number of aromatic nitrogens is 4. The van der Waals surface area contributed by atoms with Gasteiger partial charge in [0.1, 0.15) is 23.7 Å². The van der Waals surface area contributed by atoms with Crippen molar-refractivity contribution in [3.05, 3.63) is 45.0 Å². The number of nitrogens with zero attached hydrogens (tertiary/aromatic N) is 7. The van der Waals surface area contributed by atoms with Crippen molar-refractivity contribution in [3.63, 3.8) is 0 Å². The molecular weight excluding hydrogens is 472 g/mol. The molecule has 0 saturated carbocycles. The van der Waals surface area contributed by atoms with Gasteiger partial charge in [0.25, 0.3) is 5.56 Å². The van der Waals surface area contributed by atoms with E-state index in [0.717, 1.165) is 13.1 Å². The van der Waals surface area contributed by atoms with Gasteiger partial charge in [0.15, 0.2) is 11.6 Å². The topological polar surface area (TPSA) is 168 Å². The van der Waals surface area contributed by atoms with Crippen LogP contribution in [-0.4, -0.2) is 63.0 Å². The van der Waals surface area contributed by atoms with E-state index in [1.54, 1.807) is 22.9 Å². The summed E-state index contributed by atoms with van der Waals surface area (Å²) in [6.45, 7) is 6.54. The number of hydrogen-bond donors (Lipinski definition) is 3. The largest absolute Gasteiger partial charge is 0.382 e. The summed E-state index contributed by atoms with van der Waals surface area (Å²) in [4.78, 5) is 28.8. The number of rotatable bonds is 5. The monoisotopic (exact) mass is 496 g/mol. The Kier molecular flexibility index (Phi) is 5.84. The SMILES string of the molecule is CC1OC1N1CCN(n2c([C@H](C)Nc3nc(N)nc(N)c3C#N)nc3cccc(Cl)c3c2=O)CC1. The van der Waals surface area contributed by atoms with Crippen LogP contribution >= 0.6 is 11.6 Å². The van der Waals surface area contributed by atoms with E-state index in [1.807, 2.05) is 24.9 Å². The minimum Gasteiger partial charge on any atom is -0.382 e. The van der Waals surface area contributed by atoms with Crippen LogP contribution in [0.4, 0.5) is 17.6 Å². The molecule has 2 aliphatic heterocycles. The number of anilines is 3. The molecule has 5 N–H and O–H groups in total. The Morgan fingerprint density at radius 3 is 2.60 bits per heavy atom. The second-order valence-electron chi connectivity index (χ2n) is 8.61.